The SMILES string of the molecule is CC(=O)OC(=O)OCOc1c(Cc2ccco2)nc2c(Cc3ccccc3)nc(-c3ccccc3)cn12. The van der Waals surface area contributed by atoms with E-state index in [9.17, 15) is 9.59 Å². The number of benzene rings is 2. The van der Waals surface area contributed by atoms with E-state index in [1.807, 2.05) is 72.9 Å². The Hall–Kier alpha value is -4.92. The molecule has 3 heterocycles. The summed E-state index contributed by atoms with van der Waals surface area (Å²) >= 11 is 0. The summed E-state index contributed by atoms with van der Waals surface area (Å²) in [5.41, 5.74) is 4.65. The molecule has 0 fully saturated rings. The molecule has 2 aromatic carbocycles. The fourth-order valence-corrected chi connectivity index (χ4v) is 3.92. The lowest BCUT2D eigenvalue weighted by Gasteiger charge is -2.11. The maximum atomic E-state index is 11.7. The van der Waals surface area contributed by atoms with Crippen LogP contribution < -0.4 is 4.74 Å². The van der Waals surface area contributed by atoms with Gasteiger partial charge in [0.2, 0.25) is 12.7 Å². The second kappa shape index (κ2) is 10.8. The summed E-state index contributed by atoms with van der Waals surface area (Å²) in [5.74, 6) is 0.268. The topological polar surface area (TPSA) is 105 Å². The van der Waals surface area contributed by atoms with Crippen LogP contribution in [0.1, 0.15) is 29.6 Å². The first-order valence-corrected chi connectivity index (χ1v) is 11.6. The first-order valence-electron chi connectivity index (χ1n) is 11.6. The second-order valence-electron chi connectivity index (χ2n) is 8.16. The van der Waals surface area contributed by atoms with Crippen LogP contribution in [0.3, 0.4) is 0 Å². The van der Waals surface area contributed by atoms with Crippen molar-refractivity contribution in [1.82, 2.24) is 14.4 Å². The van der Waals surface area contributed by atoms with Crippen molar-refractivity contribution >= 4 is 17.8 Å². The molecule has 0 bridgehead atoms. The number of carbonyl (C=O) groups is 2. The van der Waals surface area contributed by atoms with Gasteiger partial charge in [0, 0.05) is 25.1 Å². The molecule has 9 nitrogen and oxygen atoms in total. The van der Waals surface area contributed by atoms with Gasteiger partial charge in [0.05, 0.1) is 24.1 Å². The van der Waals surface area contributed by atoms with Gasteiger partial charge >= 0.3 is 12.1 Å². The lowest BCUT2D eigenvalue weighted by Crippen LogP contribution is -2.15. The molecule has 0 atom stereocenters. The summed E-state index contributed by atoms with van der Waals surface area (Å²) in [5, 5.41) is 0. The number of ether oxygens (including phenoxy) is 3. The smallest absolute Gasteiger partial charge is 0.469 e. The normalized spacial score (nSPS) is 10.8. The molecule has 0 aliphatic rings. The van der Waals surface area contributed by atoms with Gasteiger partial charge in [-0.3, -0.25) is 9.20 Å². The molecule has 0 amide bonds. The van der Waals surface area contributed by atoms with Crippen molar-refractivity contribution in [3.05, 3.63) is 108 Å². The van der Waals surface area contributed by atoms with Crippen molar-refractivity contribution < 1.29 is 28.2 Å². The van der Waals surface area contributed by atoms with E-state index < -0.39 is 18.9 Å². The van der Waals surface area contributed by atoms with E-state index in [0.29, 0.717) is 35.8 Å². The van der Waals surface area contributed by atoms with Gasteiger partial charge in [-0.05, 0) is 17.7 Å². The highest BCUT2D eigenvalue weighted by molar-refractivity contribution is 5.79. The number of hydrogen-bond donors (Lipinski definition) is 0. The molecule has 186 valence electrons. The highest BCUT2D eigenvalue weighted by Crippen LogP contribution is 2.29. The van der Waals surface area contributed by atoms with Crippen LogP contribution in [0, 0.1) is 0 Å². The molecule has 5 rings (SSSR count). The minimum atomic E-state index is -1.15. The van der Waals surface area contributed by atoms with Gasteiger partial charge in [-0.1, -0.05) is 60.7 Å². The first-order chi connectivity index (χ1) is 18.1. The number of imidazole rings is 1. The van der Waals surface area contributed by atoms with E-state index in [4.69, 9.17) is 23.9 Å². The van der Waals surface area contributed by atoms with Gasteiger partial charge in [0.25, 0.3) is 0 Å². The Morgan fingerprint density at radius 1 is 0.892 bits per heavy atom. The van der Waals surface area contributed by atoms with Crippen molar-refractivity contribution in [2.24, 2.45) is 0 Å². The number of fused-ring (bicyclic) bond motifs is 1. The predicted molar refractivity (Wildman–Crippen MR) is 133 cm³/mol. The number of furan rings is 1. The zero-order valence-corrected chi connectivity index (χ0v) is 20.0. The number of nitrogens with zero attached hydrogens (tertiary/aromatic N) is 3. The molecule has 3 aromatic heterocycles. The Morgan fingerprint density at radius 3 is 2.35 bits per heavy atom. The summed E-state index contributed by atoms with van der Waals surface area (Å²) in [4.78, 5) is 32.5. The summed E-state index contributed by atoms with van der Waals surface area (Å²) < 4.78 is 22.5. The lowest BCUT2D eigenvalue weighted by molar-refractivity contribution is -0.138. The number of esters is 1. The third kappa shape index (κ3) is 5.67. The van der Waals surface area contributed by atoms with Crippen molar-refractivity contribution in [3.8, 4) is 17.1 Å². The molecule has 0 aliphatic carbocycles. The highest BCUT2D eigenvalue weighted by atomic mass is 16.8. The van der Waals surface area contributed by atoms with Gasteiger partial charge < -0.3 is 18.6 Å². The quantitative estimate of drug-likeness (QED) is 0.164. The molecular weight excluding hydrogens is 474 g/mol. The van der Waals surface area contributed by atoms with Gasteiger partial charge in [-0.2, -0.15) is 0 Å². The van der Waals surface area contributed by atoms with Crippen molar-refractivity contribution in [1.29, 1.82) is 0 Å². The van der Waals surface area contributed by atoms with Crippen LogP contribution in [0.2, 0.25) is 0 Å². The van der Waals surface area contributed by atoms with Gasteiger partial charge in [0.1, 0.15) is 11.5 Å². The van der Waals surface area contributed by atoms with Crippen LogP contribution in [-0.4, -0.2) is 33.3 Å². The molecule has 0 saturated carbocycles. The molecule has 0 N–H and O–H groups in total. The average Bonchev–Trinajstić information content (AvgIpc) is 3.53. The molecular formula is C28H23N3O6. The summed E-state index contributed by atoms with van der Waals surface area (Å²) in [6.45, 7) is 0.627. The van der Waals surface area contributed by atoms with E-state index in [-0.39, 0.29) is 0 Å². The van der Waals surface area contributed by atoms with E-state index in [1.54, 1.807) is 16.7 Å². The molecule has 0 radical (unpaired) electrons. The lowest BCUT2D eigenvalue weighted by atomic mass is 10.1. The zero-order chi connectivity index (χ0) is 25.6. The van der Waals surface area contributed by atoms with E-state index in [0.717, 1.165) is 29.4 Å². The van der Waals surface area contributed by atoms with E-state index in [1.165, 1.54) is 0 Å². The summed E-state index contributed by atoms with van der Waals surface area (Å²) in [6.07, 6.45) is 3.16. The molecule has 5 aromatic rings. The van der Waals surface area contributed by atoms with Crippen LogP contribution >= 0.6 is 0 Å². The number of carbonyl (C=O) groups excluding carboxylic acids is 2. The maximum Gasteiger partial charge on any atom is 0.519 e. The molecule has 0 spiro atoms. The van der Waals surface area contributed by atoms with Gasteiger partial charge in [0.15, 0.2) is 5.65 Å². The first kappa shape index (κ1) is 23.8. The molecule has 0 saturated heterocycles. The fraction of sp³-hybridized carbons (Fsp3) is 0.143. The number of hydrogen-bond acceptors (Lipinski definition) is 8. The third-order valence-corrected chi connectivity index (χ3v) is 5.50. The fourth-order valence-electron chi connectivity index (χ4n) is 3.92. The third-order valence-electron chi connectivity index (χ3n) is 5.50. The summed E-state index contributed by atoms with van der Waals surface area (Å²) in [6, 6.07) is 23.4. The van der Waals surface area contributed by atoms with E-state index >= 15 is 0 Å². The van der Waals surface area contributed by atoms with Crippen LogP contribution in [0.5, 0.6) is 5.88 Å². The van der Waals surface area contributed by atoms with Crippen LogP contribution in [0.4, 0.5) is 4.79 Å². The number of rotatable bonds is 8. The monoisotopic (exact) mass is 497 g/mol. The highest BCUT2D eigenvalue weighted by Gasteiger charge is 2.21. The largest absolute Gasteiger partial charge is 0.519 e. The van der Waals surface area contributed by atoms with Crippen molar-refractivity contribution in [2.45, 2.75) is 19.8 Å². The van der Waals surface area contributed by atoms with Crippen molar-refractivity contribution in [2.75, 3.05) is 6.79 Å². The molecule has 37 heavy (non-hydrogen) atoms. The Labute approximate surface area is 212 Å². The average molecular weight is 498 g/mol. The Balaban J connectivity index is 1.59. The zero-order valence-electron chi connectivity index (χ0n) is 20.0. The molecule has 9 heteroatoms. The van der Waals surface area contributed by atoms with Gasteiger partial charge in [-0.15, -0.1) is 0 Å². The Bertz CT molecular complexity index is 1510. The van der Waals surface area contributed by atoms with Crippen molar-refractivity contribution in [3.63, 3.8) is 0 Å². The summed E-state index contributed by atoms with van der Waals surface area (Å²) in [7, 11) is 0. The minimum absolute atomic E-state index is 0.341. The van der Waals surface area contributed by atoms with E-state index in [2.05, 4.69) is 4.74 Å². The number of aromatic nitrogens is 3. The maximum absolute atomic E-state index is 11.7. The van der Waals surface area contributed by atoms with Crippen LogP contribution in [0.15, 0.2) is 89.7 Å². The predicted octanol–water partition coefficient (Wildman–Crippen LogP) is 5.21. The second-order valence-corrected chi connectivity index (χ2v) is 8.16. The van der Waals surface area contributed by atoms with Crippen LogP contribution in [0.25, 0.3) is 16.9 Å². The standard InChI is InChI=1S/C28H23N3O6/c1-19(32)37-28(33)36-18-35-27-24(16-22-13-8-14-34-22)30-26-23(15-20-9-4-2-5-10-20)29-25(17-31(26)27)21-11-6-3-7-12-21/h2-14,17H,15-16,18H2,1H3. The molecule has 0 aliphatic heterocycles. The van der Waals surface area contributed by atoms with Gasteiger partial charge in [-0.25, -0.2) is 14.8 Å². The Kier molecular flexibility index (Phi) is 6.93. The molecule has 0 unspecified atom stereocenters. The minimum Gasteiger partial charge on any atom is -0.469 e. The Morgan fingerprint density at radius 2 is 1.65 bits per heavy atom. The van der Waals surface area contributed by atoms with Crippen LogP contribution in [-0.2, 0) is 27.1 Å².